The first-order valence-electron chi connectivity index (χ1n) is 6.35. The lowest BCUT2D eigenvalue weighted by atomic mass is 10.1. The quantitative estimate of drug-likeness (QED) is 0.788. The van der Waals surface area contributed by atoms with Crippen molar-refractivity contribution in [3.05, 3.63) is 42.1 Å². The molecular weight excluding hydrogens is 272 g/mol. The molecule has 0 saturated heterocycles. The number of nitrogens with zero attached hydrogens (tertiary/aromatic N) is 4. The molecule has 0 bridgehead atoms. The van der Waals surface area contributed by atoms with E-state index >= 15 is 0 Å². The van der Waals surface area contributed by atoms with Crippen LogP contribution in [-0.2, 0) is 13.6 Å². The highest BCUT2D eigenvalue weighted by Gasteiger charge is 2.20. The van der Waals surface area contributed by atoms with Crippen molar-refractivity contribution in [2.24, 2.45) is 7.05 Å². The summed E-state index contributed by atoms with van der Waals surface area (Å²) in [7, 11) is 3.59. The Hall–Kier alpha value is -2.83. The summed E-state index contributed by atoms with van der Waals surface area (Å²) in [6.45, 7) is 0.460. The molecule has 7 heteroatoms. The van der Waals surface area contributed by atoms with Gasteiger partial charge in [-0.1, -0.05) is 0 Å². The fourth-order valence-corrected chi connectivity index (χ4v) is 2.37. The minimum Gasteiger partial charge on any atom is -0.478 e. The summed E-state index contributed by atoms with van der Waals surface area (Å²) in [6, 6.07) is 3.64. The zero-order valence-corrected chi connectivity index (χ0v) is 11.6. The van der Waals surface area contributed by atoms with Gasteiger partial charge in [0, 0.05) is 20.3 Å². The van der Waals surface area contributed by atoms with Gasteiger partial charge >= 0.3 is 5.97 Å². The van der Waals surface area contributed by atoms with Crippen molar-refractivity contribution >= 4 is 22.7 Å². The maximum atomic E-state index is 11.5. The molecule has 0 amide bonds. The van der Waals surface area contributed by atoms with Crippen molar-refractivity contribution in [2.75, 3.05) is 11.9 Å². The van der Waals surface area contributed by atoms with Gasteiger partial charge in [0.1, 0.15) is 11.3 Å². The molecule has 0 aliphatic heterocycles. The predicted octanol–water partition coefficient (Wildman–Crippen LogP) is 1.90. The van der Waals surface area contributed by atoms with Crippen LogP contribution in [-0.4, -0.2) is 32.9 Å². The smallest absolute Gasteiger partial charge is 0.339 e. The molecule has 0 aromatic carbocycles. The number of hydrogen-bond acceptors (Lipinski definition) is 5. The van der Waals surface area contributed by atoms with E-state index in [9.17, 15) is 9.90 Å². The van der Waals surface area contributed by atoms with Gasteiger partial charge in [-0.25, -0.2) is 9.78 Å². The molecule has 108 valence electrons. The summed E-state index contributed by atoms with van der Waals surface area (Å²) in [5.74, 6) is -0.266. The zero-order valence-electron chi connectivity index (χ0n) is 11.6. The second-order valence-corrected chi connectivity index (χ2v) is 4.77. The Morgan fingerprint density at radius 1 is 1.48 bits per heavy atom. The molecule has 21 heavy (non-hydrogen) atoms. The molecule has 3 aromatic rings. The number of carboxylic acids is 1. The average Bonchev–Trinajstić information content (AvgIpc) is 3.08. The highest BCUT2D eigenvalue weighted by Crippen LogP contribution is 2.29. The second kappa shape index (κ2) is 4.93. The van der Waals surface area contributed by atoms with Gasteiger partial charge in [0.05, 0.1) is 30.1 Å². The predicted molar refractivity (Wildman–Crippen MR) is 76.3 cm³/mol. The first-order chi connectivity index (χ1) is 10.1. The molecule has 3 rings (SSSR count). The summed E-state index contributed by atoms with van der Waals surface area (Å²) in [4.78, 5) is 17.5. The van der Waals surface area contributed by atoms with Gasteiger partial charge in [-0.2, -0.15) is 5.10 Å². The molecule has 0 aliphatic rings. The molecule has 0 saturated carbocycles. The van der Waals surface area contributed by atoms with Crippen LogP contribution in [0.25, 0.3) is 11.0 Å². The molecule has 0 spiro atoms. The van der Waals surface area contributed by atoms with Crippen LogP contribution in [0.3, 0.4) is 0 Å². The van der Waals surface area contributed by atoms with Crippen molar-refractivity contribution in [3.63, 3.8) is 0 Å². The van der Waals surface area contributed by atoms with Crippen LogP contribution in [0.15, 0.2) is 35.2 Å². The van der Waals surface area contributed by atoms with E-state index in [0.717, 1.165) is 5.76 Å². The lowest BCUT2D eigenvalue weighted by Crippen LogP contribution is -2.19. The zero-order chi connectivity index (χ0) is 15.0. The van der Waals surface area contributed by atoms with E-state index in [1.165, 1.54) is 6.20 Å². The van der Waals surface area contributed by atoms with E-state index in [2.05, 4.69) is 10.1 Å². The Balaban J connectivity index is 2.13. The van der Waals surface area contributed by atoms with Crippen LogP contribution in [0.4, 0.5) is 5.69 Å². The van der Waals surface area contributed by atoms with Crippen LogP contribution in [0, 0.1) is 0 Å². The van der Waals surface area contributed by atoms with Gasteiger partial charge in [-0.15, -0.1) is 0 Å². The lowest BCUT2D eigenvalue weighted by molar-refractivity contribution is 0.0697. The fraction of sp³-hybridized carbons (Fsp3) is 0.214. The van der Waals surface area contributed by atoms with Crippen molar-refractivity contribution in [3.8, 4) is 0 Å². The molecule has 7 nitrogen and oxygen atoms in total. The molecule has 3 aromatic heterocycles. The number of pyridine rings is 1. The molecular formula is C14H14N4O3. The number of fused-ring (bicyclic) bond motifs is 1. The third kappa shape index (κ3) is 2.22. The van der Waals surface area contributed by atoms with Gasteiger partial charge in [0.2, 0.25) is 0 Å². The topological polar surface area (TPSA) is 84.4 Å². The number of aromatic nitrogens is 3. The molecule has 3 heterocycles. The number of rotatable bonds is 4. The van der Waals surface area contributed by atoms with E-state index in [1.807, 2.05) is 18.0 Å². The summed E-state index contributed by atoms with van der Waals surface area (Å²) in [5, 5.41) is 14.2. The van der Waals surface area contributed by atoms with Gasteiger partial charge in [-0.3, -0.25) is 4.68 Å². The molecule has 0 atom stereocenters. The highest BCUT2D eigenvalue weighted by molar-refractivity contribution is 6.03. The van der Waals surface area contributed by atoms with E-state index in [0.29, 0.717) is 23.3 Å². The van der Waals surface area contributed by atoms with Crippen LogP contribution >= 0.6 is 0 Å². The molecule has 0 radical (unpaired) electrons. The Morgan fingerprint density at radius 3 is 2.95 bits per heavy atom. The van der Waals surface area contributed by atoms with E-state index in [1.54, 1.807) is 30.3 Å². The summed E-state index contributed by atoms with van der Waals surface area (Å²) in [6.07, 6.45) is 4.58. The van der Waals surface area contributed by atoms with E-state index in [4.69, 9.17) is 4.42 Å². The van der Waals surface area contributed by atoms with Crippen molar-refractivity contribution in [1.29, 1.82) is 0 Å². The van der Waals surface area contributed by atoms with Crippen LogP contribution in [0.1, 0.15) is 16.1 Å². The monoisotopic (exact) mass is 286 g/mol. The highest BCUT2D eigenvalue weighted by atomic mass is 16.4. The summed E-state index contributed by atoms with van der Waals surface area (Å²) in [5.41, 5.74) is 1.36. The number of carbonyl (C=O) groups is 1. The van der Waals surface area contributed by atoms with Gasteiger partial charge in [-0.05, 0) is 12.1 Å². The number of hydrogen-bond donors (Lipinski definition) is 1. The molecule has 1 N–H and O–H groups in total. The van der Waals surface area contributed by atoms with Crippen molar-refractivity contribution in [1.82, 2.24) is 14.8 Å². The normalized spacial score (nSPS) is 11.0. The van der Waals surface area contributed by atoms with Gasteiger partial charge in [0.25, 0.3) is 0 Å². The molecule has 0 fully saturated rings. The van der Waals surface area contributed by atoms with Crippen LogP contribution in [0.2, 0.25) is 0 Å². The Morgan fingerprint density at radius 2 is 2.29 bits per heavy atom. The van der Waals surface area contributed by atoms with Crippen molar-refractivity contribution < 1.29 is 14.3 Å². The first-order valence-corrected chi connectivity index (χ1v) is 6.35. The third-order valence-corrected chi connectivity index (χ3v) is 3.32. The minimum atomic E-state index is -1.02. The third-order valence-electron chi connectivity index (χ3n) is 3.32. The fourth-order valence-electron chi connectivity index (χ4n) is 2.37. The summed E-state index contributed by atoms with van der Waals surface area (Å²) < 4.78 is 6.93. The lowest BCUT2D eigenvalue weighted by Gasteiger charge is -2.20. The Bertz CT molecular complexity index is 792. The van der Waals surface area contributed by atoms with Crippen molar-refractivity contribution in [2.45, 2.75) is 6.54 Å². The van der Waals surface area contributed by atoms with Gasteiger partial charge < -0.3 is 14.4 Å². The number of aryl methyl sites for hydroxylation is 1. The number of aromatic carboxylic acids is 1. The van der Waals surface area contributed by atoms with Crippen LogP contribution in [0.5, 0.6) is 0 Å². The van der Waals surface area contributed by atoms with E-state index < -0.39 is 5.97 Å². The standard InChI is InChI=1S/C14H14N4O3/c1-17(8-9-4-3-5-21-9)12-10-7-16-18(2)13(10)15-6-11(12)14(19)20/h3-7H,8H2,1-2H3,(H,19,20). The second-order valence-electron chi connectivity index (χ2n) is 4.77. The minimum absolute atomic E-state index is 0.143. The molecule has 0 unspecified atom stereocenters. The SMILES string of the molecule is CN(Cc1ccco1)c1c(C(=O)O)cnc2c1cnn2C. The number of furan rings is 1. The largest absolute Gasteiger partial charge is 0.478 e. The number of anilines is 1. The maximum absolute atomic E-state index is 11.5. The Labute approximate surface area is 120 Å². The maximum Gasteiger partial charge on any atom is 0.339 e. The molecule has 0 aliphatic carbocycles. The van der Waals surface area contributed by atoms with Crippen LogP contribution < -0.4 is 4.90 Å². The van der Waals surface area contributed by atoms with E-state index in [-0.39, 0.29) is 5.56 Å². The average molecular weight is 286 g/mol. The van der Waals surface area contributed by atoms with Gasteiger partial charge in [0.15, 0.2) is 5.65 Å². The number of carboxylic acid groups (broad SMARTS) is 1. The first kappa shape index (κ1) is 13.2. The summed E-state index contributed by atoms with van der Waals surface area (Å²) >= 11 is 0. The Kier molecular flexibility index (Phi) is 3.09.